The molecule has 0 fully saturated rings. The lowest BCUT2D eigenvalue weighted by Gasteiger charge is -2.13. The van der Waals surface area contributed by atoms with Crippen LogP contribution in [0.5, 0.6) is 11.5 Å². The Kier molecular flexibility index (Phi) is 4.24. The third-order valence-corrected chi connectivity index (χ3v) is 2.38. The van der Waals surface area contributed by atoms with Crippen LogP contribution in [0.15, 0.2) is 12.1 Å². The van der Waals surface area contributed by atoms with E-state index in [1.165, 1.54) is 26.4 Å². The van der Waals surface area contributed by atoms with Crippen molar-refractivity contribution in [2.24, 2.45) is 11.5 Å². The van der Waals surface area contributed by atoms with Gasteiger partial charge in [-0.1, -0.05) is 0 Å². The molecule has 7 heteroatoms. The SMILES string of the molecule is COc1cc([C@H](N)CN)c([N+](=O)[O-])cc1OC. The minimum atomic E-state index is -0.616. The Balaban J connectivity index is 3.40. The van der Waals surface area contributed by atoms with Gasteiger partial charge in [0.1, 0.15) is 0 Å². The average molecular weight is 241 g/mol. The number of methoxy groups -OCH3 is 2. The molecular formula is C10H15N3O4. The lowest BCUT2D eigenvalue weighted by atomic mass is 10.0. The van der Waals surface area contributed by atoms with Crippen molar-refractivity contribution in [3.63, 3.8) is 0 Å². The average Bonchev–Trinajstić information content (AvgIpc) is 2.35. The lowest BCUT2D eigenvalue weighted by molar-refractivity contribution is -0.385. The Morgan fingerprint density at radius 3 is 2.29 bits per heavy atom. The summed E-state index contributed by atoms with van der Waals surface area (Å²) < 4.78 is 10.1. The van der Waals surface area contributed by atoms with E-state index in [0.717, 1.165) is 0 Å². The lowest BCUT2D eigenvalue weighted by Crippen LogP contribution is -2.21. The van der Waals surface area contributed by atoms with Crippen LogP contribution < -0.4 is 20.9 Å². The maximum Gasteiger partial charge on any atom is 0.278 e. The van der Waals surface area contributed by atoms with Gasteiger partial charge in [-0.3, -0.25) is 10.1 Å². The number of rotatable bonds is 5. The van der Waals surface area contributed by atoms with E-state index < -0.39 is 11.0 Å². The Morgan fingerprint density at radius 2 is 1.88 bits per heavy atom. The largest absolute Gasteiger partial charge is 0.493 e. The second kappa shape index (κ2) is 5.46. The van der Waals surface area contributed by atoms with E-state index in [2.05, 4.69) is 0 Å². The normalized spacial score (nSPS) is 12.0. The van der Waals surface area contributed by atoms with Crippen LogP contribution in [0.1, 0.15) is 11.6 Å². The summed E-state index contributed by atoms with van der Waals surface area (Å²) in [6.45, 7) is 0.107. The van der Waals surface area contributed by atoms with Crippen molar-refractivity contribution in [1.29, 1.82) is 0 Å². The fraction of sp³-hybridized carbons (Fsp3) is 0.400. The number of nitro groups is 1. The van der Waals surface area contributed by atoms with E-state index in [-0.39, 0.29) is 18.0 Å². The molecule has 0 aliphatic carbocycles. The van der Waals surface area contributed by atoms with Crippen molar-refractivity contribution < 1.29 is 14.4 Å². The van der Waals surface area contributed by atoms with Gasteiger partial charge in [-0.05, 0) is 6.07 Å². The van der Waals surface area contributed by atoms with Crippen molar-refractivity contribution >= 4 is 5.69 Å². The van der Waals surface area contributed by atoms with Gasteiger partial charge >= 0.3 is 0 Å². The summed E-state index contributed by atoms with van der Waals surface area (Å²) in [5.41, 5.74) is 11.3. The second-order valence-corrected chi connectivity index (χ2v) is 3.37. The summed E-state index contributed by atoms with van der Waals surface area (Å²) >= 11 is 0. The zero-order valence-electron chi connectivity index (χ0n) is 9.67. The first-order valence-corrected chi connectivity index (χ1v) is 4.91. The fourth-order valence-electron chi connectivity index (χ4n) is 1.47. The van der Waals surface area contributed by atoms with Gasteiger partial charge in [0, 0.05) is 12.6 Å². The number of nitrogens with zero attached hydrogens (tertiary/aromatic N) is 1. The second-order valence-electron chi connectivity index (χ2n) is 3.37. The standard InChI is InChI=1S/C10H15N3O4/c1-16-9-3-6(7(12)5-11)8(13(14)15)4-10(9)17-2/h3-4,7H,5,11-12H2,1-2H3/t7-/m1/s1. The summed E-state index contributed by atoms with van der Waals surface area (Å²) in [7, 11) is 2.85. The number of nitrogens with two attached hydrogens (primary N) is 2. The monoisotopic (exact) mass is 241 g/mol. The molecule has 0 saturated carbocycles. The number of benzene rings is 1. The number of hydrogen-bond acceptors (Lipinski definition) is 6. The predicted molar refractivity (Wildman–Crippen MR) is 62.2 cm³/mol. The highest BCUT2D eigenvalue weighted by molar-refractivity contribution is 5.55. The molecule has 0 aliphatic rings. The van der Waals surface area contributed by atoms with Gasteiger partial charge < -0.3 is 20.9 Å². The molecule has 0 aliphatic heterocycles. The van der Waals surface area contributed by atoms with Crippen molar-refractivity contribution in [3.8, 4) is 11.5 Å². The van der Waals surface area contributed by atoms with Crippen LogP contribution in [0.25, 0.3) is 0 Å². The van der Waals surface area contributed by atoms with Crippen molar-refractivity contribution in [2.75, 3.05) is 20.8 Å². The summed E-state index contributed by atoms with van der Waals surface area (Å²) in [6, 6.07) is 2.15. The Hall–Kier alpha value is -1.86. The zero-order chi connectivity index (χ0) is 13.0. The highest BCUT2D eigenvalue weighted by Crippen LogP contribution is 2.36. The first-order valence-electron chi connectivity index (χ1n) is 4.91. The van der Waals surface area contributed by atoms with Crippen LogP contribution in [0, 0.1) is 10.1 Å². The van der Waals surface area contributed by atoms with Gasteiger partial charge in [0.05, 0.1) is 30.8 Å². The van der Waals surface area contributed by atoms with Crippen LogP contribution >= 0.6 is 0 Å². The van der Waals surface area contributed by atoms with Gasteiger partial charge in [0.2, 0.25) is 0 Å². The van der Waals surface area contributed by atoms with Crippen LogP contribution in [0.2, 0.25) is 0 Å². The molecule has 4 N–H and O–H groups in total. The Morgan fingerprint density at radius 1 is 1.35 bits per heavy atom. The van der Waals surface area contributed by atoms with Gasteiger partial charge in [0.15, 0.2) is 11.5 Å². The molecule has 0 aromatic heterocycles. The molecule has 0 radical (unpaired) electrons. The quantitative estimate of drug-likeness (QED) is 0.575. The maximum atomic E-state index is 10.9. The van der Waals surface area contributed by atoms with Crippen molar-refractivity contribution in [3.05, 3.63) is 27.8 Å². The van der Waals surface area contributed by atoms with E-state index in [4.69, 9.17) is 20.9 Å². The fourth-order valence-corrected chi connectivity index (χ4v) is 1.47. The molecule has 1 aromatic rings. The van der Waals surface area contributed by atoms with E-state index in [9.17, 15) is 10.1 Å². The molecule has 1 atom stereocenters. The summed E-state index contributed by atoms with van der Waals surface area (Å²) in [4.78, 5) is 10.4. The van der Waals surface area contributed by atoms with Crippen LogP contribution in [-0.4, -0.2) is 25.7 Å². The zero-order valence-corrected chi connectivity index (χ0v) is 9.67. The highest BCUT2D eigenvalue weighted by atomic mass is 16.6. The molecule has 0 unspecified atom stereocenters. The van der Waals surface area contributed by atoms with Gasteiger partial charge in [0.25, 0.3) is 5.69 Å². The van der Waals surface area contributed by atoms with Crippen LogP contribution in [0.4, 0.5) is 5.69 Å². The van der Waals surface area contributed by atoms with Gasteiger partial charge in [-0.25, -0.2) is 0 Å². The van der Waals surface area contributed by atoms with Gasteiger partial charge in [-0.2, -0.15) is 0 Å². The predicted octanol–water partition coefficient (Wildman–Crippen LogP) is 0.571. The van der Waals surface area contributed by atoms with Crippen LogP contribution in [-0.2, 0) is 0 Å². The molecule has 0 spiro atoms. The van der Waals surface area contributed by atoms with Crippen LogP contribution in [0.3, 0.4) is 0 Å². The topological polar surface area (TPSA) is 114 Å². The Bertz CT molecular complexity index is 422. The summed E-state index contributed by atoms with van der Waals surface area (Å²) in [5, 5.41) is 10.9. The Labute approximate surface area is 98.5 Å². The van der Waals surface area contributed by atoms with E-state index >= 15 is 0 Å². The molecule has 0 heterocycles. The van der Waals surface area contributed by atoms with E-state index in [1.807, 2.05) is 0 Å². The third-order valence-electron chi connectivity index (χ3n) is 2.38. The molecule has 0 saturated heterocycles. The first-order chi connectivity index (χ1) is 8.04. The van der Waals surface area contributed by atoms with E-state index in [1.54, 1.807) is 0 Å². The number of nitro benzene ring substituents is 1. The highest BCUT2D eigenvalue weighted by Gasteiger charge is 2.22. The number of hydrogen-bond donors (Lipinski definition) is 2. The molecule has 1 aromatic carbocycles. The summed E-state index contributed by atoms with van der Waals surface area (Å²) in [5.74, 6) is 0.671. The first kappa shape index (κ1) is 13.2. The molecule has 17 heavy (non-hydrogen) atoms. The van der Waals surface area contributed by atoms with Crippen molar-refractivity contribution in [1.82, 2.24) is 0 Å². The molecule has 0 amide bonds. The minimum Gasteiger partial charge on any atom is -0.493 e. The third kappa shape index (κ3) is 2.63. The van der Waals surface area contributed by atoms with Gasteiger partial charge in [-0.15, -0.1) is 0 Å². The molecule has 1 rings (SSSR count). The molecule has 0 bridgehead atoms. The molecule has 7 nitrogen and oxygen atoms in total. The minimum absolute atomic E-state index is 0.107. The summed E-state index contributed by atoms with van der Waals surface area (Å²) in [6.07, 6.45) is 0. The number of ether oxygens (including phenoxy) is 2. The maximum absolute atomic E-state index is 10.9. The molecule has 94 valence electrons. The van der Waals surface area contributed by atoms with E-state index in [0.29, 0.717) is 11.3 Å². The van der Waals surface area contributed by atoms with Crippen molar-refractivity contribution in [2.45, 2.75) is 6.04 Å². The molecular weight excluding hydrogens is 226 g/mol. The smallest absolute Gasteiger partial charge is 0.278 e.